The van der Waals surface area contributed by atoms with Gasteiger partial charge in [0, 0.05) is 19.1 Å². The molecule has 0 bridgehead atoms. The van der Waals surface area contributed by atoms with Gasteiger partial charge in [0.15, 0.2) is 5.13 Å². The maximum absolute atomic E-state index is 10.9. The normalized spacial score (nSPS) is 22.1. The van der Waals surface area contributed by atoms with Crippen LogP contribution in [0.1, 0.15) is 41.8 Å². The molecule has 0 saturated carbocycles. The number of carbonyl (C=O) groups is 1. The van der Waals surface area contributed by atoms with Crippen molar-refractivity contribution in [3.05, 3.63) is 11.1 Å². The van der Waals surface area contributed by atoms with Crippen molar-refractivity contribution in [3.63, 3.8) is 0 Å². The van der Waals surface area contributed by atoms with Crippen LogP contribution >= 0.6 is 11.3 Å². The third-order valence-corrected chi connectivity index (χ3v) is 5.39. The Morgan fingerprint density at radius 2 is 1.90 bits per heavy atom. The average Bonchev–Trinajstić information content (AvgIpc) is 2.98. The van der Waals surface area contributed by atoms with E-state index in [4.69, 9.17) is 5.11 Å². The lowest BCUT2D eigenvalue weighted by Gasteiger charge is -2.40. The molecule has 3 rings (SSSR count). The molecule has 20 heavy (non-hydrogen) atoms. The molecule has 0 spiro atoms. The highest BCUT2D eigenvalue weighted by Crippen LogP contribution is 2.27. The maximum atomic E-state index is 10.9. The quantitative estimate of drug-likeness (QED) is 0.927. The van der Waals surface area contributed by atoms with Crippen LogP contribution in [-0.2, 0) is 0 Å². The molecule has 0 aliphatic carbocycles. The van der Waals surface area contributed by atoms with Crippen LogP contribution in [0, 0.1) is 0 Å². The zero-order valence-corrected chi connectivity index (χ0v) is 12.4. The number of hydrogen-bond donors (Lipinski definition) is 1. The lowest BCUT2D eigenvalue weighted by molar-refractivity contribution is 0.0702. The van der Waals surface area contributed by atoms with Gasteiger partial charge in [-0.05, 0) is 38.8 Å². The molecule has 0 atom stereocenters. The van der Waals surface area contributed by atoms with Crippen LogP contribution < -0.4 is 4.90 Å². The molecule has 3 heterocycles. The molecular formula is C14H21N3O2S. The number of nitrogens with zero attached hydrogens (tertiary/aromatic N) is 3. The summed E-state index contributed by atoms with van der Waals surface area (Å²) >= 11 is 1.29. The van der Waals surface area contributed by atoms with Gasteiger partial charge in [-0.25, -0.2) is 9.78 Å². The topological polar surface area (TPSA) is 56.7 Å². The second-order valence-electron chi connectivity index (χ2n) is 5.63. The number of piperidine rings is 2. The van der Waals surface area contributed by atoms with Crippen molar-refractivity contribution in [2.45, 2.75) is 38.1 Å². The van der Waals surface area contributed by atoms with E-state index in [1.807, 2.05) is 0 Å². The van der Waals surface area contributed by atoms with E-state index in [0.29, 0.717) is 10.9 Å². The van der Waals surface area contributed by atoms with E-state index in [0.717, 1.165) is 18.2 Å². The predicted octanol–water partition coefficient (Wildman–Crippen LogP) is 2.30. The summed E-state index contributed by atoms with van der Waals surface area (Å²) in [5.74, 6) is -0.878. The summed E-state index contributed by atoms with van der Waals surface area (Å²) < 4.78 is 0. The van der Waals surface area contributed by atoms with Gasteiger partial charge in [0.1, 0.15) is 4.88 Å². The number of carboxylic acids is 1. The highest BCUT2D eigenvalue weighted by Gasteiger charge is 2.26. The predicted molar refractivity (Wildman–Crippen MR) is 79.7 cm³/mol. The van der Waals surface area contributed by atoms with Gasteiger partial charge in [-0.1, -0.05) is 17.8 Å². The van der Waals surface area contributed by atoms with E-state index in [9.17, 15) is 4.79 Å². The molecule has 1 N–H and O–H groups in total. The molecule has 2 saturated heterocycles. The highest BCUT2D eigenvalue weighted by atomic mass is 32.1. The summed E-state index contributed by atoms with van der Waals surface area (Å²) in [6.07, 6.45) is 7.87. The number of aromatic nitrogens is 1. The third kappa shape index (κ3) is 2.96. The van der Waals surface area contributed by atoms with Crippen molar-refractivity contribution in [2.75, 3.05) is 31.1 Å². The number of anilines is 1. The number of hydrogen-bond acceptors (Lipinski definition) is 5. The zero-order chi connectivity index (χ0) is 13.9. The van der Waals surface area contributed by atoms with Crippen molar-refractivity contribution < 1.29 is 9.90 Å². The van der Waals surface area contributed by atoms with Gasteiger partial charge in [-0.15, -0.1) is 0 Å². The zero-order valence-electron chi connectivity index (χ0n) is 11.6. The summed E-state index contributed by atoms with van der Waals surface area (Å²) in [5, 5.41) is 9.81. The van der Waals surface area contributed by atoms with Crippen LogP contribution in [0.3, 0.4) is 0 Å². The Balaban J connectivity index is 1.56. The van der Waals surface area contributed by atoms with E-state index in [1.165, 1.54) is 62.7 Å². The van der Waals surface area contributed by atoms with Gasteiger partial charge in [0.05, 0.1) is 6.20 Å². The van der Waals surface area contributed by atoms with Gasteiger partial charge in [-0.3, -0.25) is 0 Å². The second kappa shape index (κ2) is 6.10. The molecule has 2 fully saturated rings. The second-order valence-corrected chi connectivity index (χ2v) is 6.64. The molecule has 0 amide bonds. The van der Waals surface area contributed by atoms with Crippen LogP contribution in [0.2, 0.25) is 0 Å². The van der Waals surface area contributed by atoms with Crippen molar-refractivity contribution in [1.29, 1.82) is 0 Å². The largest absolute Gasteiger partial charge is 0.477 e. The first-order valence-electron chi connectivity index (χ1n) is 7.42. The van der Waals surface area contributed by atoms with E-state index < -0.39 is 5.97 Å². The smallest absolute Gasteiger partial charge is 0.347 e. The minimum atomic E-state index is -0.878. The Morgan fingerprint density at radius 1 is 1.20 bits per heavy atom. The van der Waals surface area contributed by atoms with E-state index in [2.05, 4.69) is 14.8 Å². The lowest BCUT2D eigenvalue weighted by Crippen LogP contribution is -2.46. The minimum Gasteiger partial charge on any atom is -0.477 e. The first-order valence-corrected chi connectivity index (χ1v) is 8.24. The Morgan fingerprint density at radius 3 is 2.50 bits per heavy atom. The first kappa shape index (κ1) is 13.8. The molecule has 1 aromatic heterocycles. The fourth-order valence-electron chi connectivity index (χ4n) is 3.22. The van der Waals surface area contributed by atoms with Crippen LogP contribution in [0.15, 0.2) is 6.20 Å². The first-order chi connectivity index (χ1) is 9.74. The number of carboxylic acid groups (broad SMARTS) is 1. The molecule has 0 radical (unpaired) electrons. The number of rotatable bonds is 3. The molecule has 0 aromatic carbocycles. The van der Waals surface area contributed by atoms with Gasteiger partial charge in [0.2, 0.25) is 0 Å². The minimum absolute atomic E-state index is 0.332. The van der Waals surface area contributed by atoms with Crippen molar-refractivity contribution in [2.24, 2.45) is 0 Å². The summed E-state index contributed by atoms with van der Waals surface area (Å²) in [7, 11) is 0. The fourth-order valence-corrected chi connectivity index (χ4v) is 4.02. The molecule has 6 heteroatoms. The summed E-state index contributed by atoms with van der Waals surface area (Å²) in [4.78, 5) is 20.4. The summed E-state index contributed by atoms with van der Waals surface area (Å²) in [6.45, 7) is 4.50. The molecule has 5 nitrogen and oxygen atoms in total. The molecule has 2 aliphatic rings. The lowest BCUT2D eigenvalue weighted by atomic mass is 10.0. The monoisotopic (exact) mass is 295 g/mol. The van der Waals surface area contributed by atoms with Crippen LogP contribution in [0.4, 0.5) is 5.13 Å². The van der Waals surface area contributed by atoms with Gasteiger partial charge in [0.25, 0.3) is 0 Å². The van der Waals surface area contributed by atoms with Crippen LogP contribution in [0.5, 0.6) is 0 Å². The van der Waals surface area contributed by atoms with E-state index >= 15 is 0 Å². The highest BCUT2D eigenvalue weighted by molar-refractivity contribution is 7.17. The van der Waals surface area contributed by atoms with Crippen molar-refractivity contribution in [3.8, 4) is 0 Å². The Hall–Kier alpha value is -1.14. The van der Waals surface area contributed by atoms with Crippen LogP contribution in [0.25, 0.3) is 0 Å². The van der Waals surface area contributed by atoms with E-state index in [1.54, 1.807) is 0 Å². The average molecular weight is 295 g/mol. The van der Waals surface area contributed by atoms with Gasteiger partial charge >= 0.3 is 5.97 Å². The third-order valence-electron chi connectivity index (χ3n) is 4.35. The molecule has 2 aliphatic heterocycles. The SMILES string of the molecule is O=C(O)c1cnc(N2CCC(N3CCCCC3)CC2)s1. The number of likely N-dealkylation sites (tertiary alicyclic amines) is 1. The molecule has 110 valence electrons. The van der Waals surface area contributed by atoms with Gasteiger partial charge < -0.3 is 14.9 Å². The fraction of sp³-hybridized carbons (Fsp3) is 0.714. The van der Waals surface area contributed by atoms with Crippen LogP contribution in [-0.4, -0.2) is 53.2 Å². The van der Waals surface area contributed by atoms with Gasteiger partial charge in [-0.2, -0.15) is 0 Å². The molecular weight excluding hydrogens is 274 g/mol. The number of aromatic carboxylic acids is 1. The number of thiazole rings is 1. The van der Waals surface area contributed by atoms with Crippen molar-refractivity contribution in [1.82, 2.24) is 9.88 Å². The Bertz CT molecular complexity index is 463. The molecule has 0 unspecified atom stereocenters. The van der Waals surface area contributed by atoms with Crippen molar-refractivity contribution >= 4 is 22.4 Å². The maximum Gasteiger partial charge on any atom is 0.347 e. The summed E-state index contributed by atoms with van der Waals surface area (Å²) in [6, 6.07) is 0.713. The summed E-state index contributed by atoms with van der Waals surface area (Å²) in [5.41, 5.74) is 0. The Kier molecular flexibility index (Phi) is 4.21. The standard InChI is InChI=1S/C14H21N3O2S/c18-13(19)12-10-15-14(20-12)17-8-4-11(5-9-17)16-6-2-1-3-7-16/h10-11H,1-9H2,(H,18,19). The van der Waals surface area contributed by atoms with E-state index in [-0.39, 0.29) is 0 Å². The Labute approximate surface area is 123 Å². The molecule has 1 aromatic rings.